The maximum atomic E-state index is 12.3. The van der Waals surface area contributed by atoms with Crippen LogP contribution in [-0.4, -0.2) is 44.0 Å². The fraction of sp³-hybridized carbons (Fsp3) is 0.769. The maximum Gasteiger partial charge on any atom is 0.305 e. The fourth-order valence-corrected chi connectivity index (χ4v) is 5.20. The van der Waals surface area contributed by atoms with Crippen LogP contribution in [-0.2, 0) is 10.0 Å². The summed E-state index contributed by atoms with van der Waals surface area (Å²) in [6.45, 7) is 6.73. The number of piperidine rings is 1. The average molecular weight is 333 g/mol. The average Bonchev–Trinajstić information content (AvgIpc) is 2.77. The molecule has 0 bridgehead atoms. The highest BCUT2D eigenvalue weighted by Crippen LogP contribution is 2.19. The molecule has 1 aliphatic heterocycles. The van der Waals surface area contributed by atoms with Gasteiger partial charge in [-0.2, -0.15) is 0 Å². The molecule has 0 radical (unpaired) electrons. The van der Waals surface area contributed by atoms with Crippen molar-refractivity contribution in [3.63, 3.8) is 0 Å². The number of hydrogen-bond acceptors (Lipinski definition) is 5. The van der Waals surface area contributed by atoms with Crippen molar-refractivity contribution in [2.45, 2.75) is 49.8 Å². The van der Waals surface area contributed by atoms with Crippen LogP contribution in [0.1, 0.15) is 38.3 Å². The van der Waals surface area contributed by atoms with Crippen LogP contribution in [0.25, 0.3) is 0 Å². The standard InChI is InChI=1S/C13H23N3O3S2/c1-3-4-7-16-8-5-11(6-9-16)15-21(18,19)12-10(2)14-13(17)20-12/h11,15H,3-9H2,1-2H3,(H,14,17). The molecule has 2 heterocycles. The Morgan fingerprint density at radius 3 is 2.57 bits per heavy atom. The van der Waals surface area contributed by atoms with Gasteiger partial charge in [0.15, 0.2) is 4.21 Å². The highest BCUT2D eigenvalue weighted by molar-refractivity contribution is 7.91. The van der Waals surface area contributed by atoms with Crippen molar-refractivity contribution < 1.29 is 8.42 Å². The predicted octanol–water partition coefficient (Wildman–Crippen LogP) is 1.29. The summed E-state index contributed by atoms with van der Waals surface area (Å²) in [6, 6.07) is -0.0375. The molecule has 0 amide bonds. The minimum absolute atomic E-state index is 0.0375. The summed E-state index contributed by atoms with van der Waals surface area (Å²) in [5.74, 6) is 0. The van der Waals surface area contributed by atoms with Gasteiger partial charge in [-0.3, -0.25) is 4.79 Å². The molecule has 0 aromatic carbocycles. The summed E-state index contributed by atoms with van der Waals surface area (Å²) in [5.41, 5.74) is 0.415. The van der Waals surface area contributed by atoms with Gasteiger partial charge in [0.2, 0.25) is 0 Å². The van der Waals surface area contributed by atoms with E-state index in [4.69, 9.17) is 0 Å². The maximum absolute atomic E-state index is 12.3. The van der Waals surface area contributed by atoms with E-state index in [9.17, 15) is 13.2 Å². The van der Waals surface area contributed by atoms with Gasteiger partial charge in [0.25, 0.3) is 10.0 Å². The molecule has 1 aromatic rings. The lowest BCUT2D eigenvalue weighted by Crippen LogP contribution is -2.44. The number of thiazole rings is 1. The second-order valence-electron chi connectivity index (χ2n) is 5.52. The van der Waals surface area contributed by atoms with Gasteiger partial charge in [-0.1, -0.05) is 24.7 Å². The van der Waals surface area contributed by atoms with Crippen LogP contribution in [0.15, 0.2) is 9.00 Å². The number of nitrogens with zero attached hydrogens (tertiary/aromatic N) is 1. The van der Waals surface area contributed by atoms with Gasteiger partial charge in [-0.15, -0.1) is 0 Å². The first-order chi connectivity index (χ1) is 9.92. The number of nitrogens with one attached hydrogen (secondary N) is 2. The summed E-state index contributed by atoms with van der Waals surface area (Å²) in [5, 5.41) is 0. The van der Waals surface area contributed by atoms with E-state index in [2.05, 4.69) is 21.5 Å². The van der Waals surface area contributed by atoms with Gasteiger partial charge >= 0.3 is 4.87 Å². The van der Waals surface area contributed by atoms with Crippen LogP contribution >= 0.6 is 11.3 Å². The van der Waals surface area contributed by atoms with Gasteiger partial charge in [0.05, 0.1) is 0 Å². The molecule has 1 saturated heterocycles. The quantitative estimate of drug-likeness (QED) is 0.822. The van der Waals surface area contributed by atoms with Crippen molar-refractivity contribution in [1.82, 2.24) is 14.6 Å². The lowest BCUT2D eigenvalue weighted by atomic mass is 10.1. The third kappa shape index (κ3) is 4.38. The summed E-state index contributed by atoms with van der Waals surface area (Å²) < 4.78 is 27.5. The van der Waals surface area contributed by atoms with Gasteiger partial charge in [0, 0.05) is 11.7 Å². The fourth-order valence-electron chi connectivity index (χ4n) is 2.58. The molecule has 2 N–H and O–H groups in total. The smallest absolute Gasteiger partial charge is 0.305 e. The monoisotopic (exact) mass is 333 g/mol. The first kappa shape index (κ1) is 16.7. The number of likely N-dealkylation sites (tertiary alicyclic amines) is 1. The highest BCUT2D eigenvalue weighted by Gasteiger charge is 2.27. The predicted molar refractivity (Wildman–Crippen MR) is 84.4 cm³/mol. The molecule has 1 aliphatic rings. The molecule has 120 valence electrons. The SMILES string of the molecule is CCCCN1CCC(NS(=O)(=O)c2sc(=O)[nH]c2C)CC1. The Hall–Kier alpha value is -0.700. The highest BCUT2D eigenvalue weighted by atomic mass is 32.2. The van der Waals surface area contributed by atoms with E-state index < -0.39 is 10.0 Å². The van der Waals surface area contributed by atoms with E-state index in [1.54, 1.807) is 6.92 Å². The number of hydrogen-bond donors (Lipinski definition) is 2. The zero-order chi connectivity index (χ0) is 15.5. The Kier molecular flexibility index (Phi) is 5.59. The number of H-pyrrole nitrogens is 1. The Bertz CT molecular complexity index is 613. The van der Waals surface area contributed by atoms with Crippen LogP contribution in [0.3, 0.4) is 0 Å². The van der Waals surface area contributed by atoms with E-state index in [0.717, 1.165) is 43.8 Å². The van der Waals surface area contributed by atoms with Crippen LogP contribution in [0.5, 0.6) is 0 Å². The number of aromatic nitrogens is 1. The zero-order valence-corrected chi connectivity index (χ0v) is 14.1. The number of sulfonamides is 1. The molecule has 2 rings (SSSR count). The normalized spacial score (nSPS) is 18.2. The molecular weight excluding hydrogens is 310 g/mol. The van der Waals surface area contributed by atoms with Crippen molar-refractivity contribution in [3.8, 4) is 0 Å². The zero-order valence-electron chi connectivity index (χ0n) is 12.5. The molecule has 8 heteroatoms. The second kappa shape index (κ2) is 7.04. The minimum atomic E-state index is -3.59. The van der Waals surface area contributed by atoms with Crippen molar-refractivity contribution >= 4 is 21.4 Å². The molecule has 21 heavy (non-hydrogen) atoms. The molecule has 0 spiro atoms. The number of aryl methyl sites for hydroxylation is 1. The van der Waals surface area contributed by atoms with Gasteiger partial charge < -0.3 is 9.88 Å². The summed E-state index contributed by atoms with van der Waals surface area (Å²) in [4.78, 5) is 15.8. The summed E-state index contributed by atoms with van der Waals surface area (Å²) in [7, 11) is -3.59. The first-order valence-electron chi connectivity index (χ1n) is 7.36. The van der Waals surface area contributed by atoms with Crippen molar-refractivity contribution in [2.75, 3.05) is 19.6 Å². The molecule has 1 fully saturated rings. The molecular formula is C13H23N3O3S2. The van der Waals surface area contributed by atoms with E-state index >= 15 is 0 Å². The summed E-state index contributed by atoms with van der Waals surface area (Å²) >= 11 is 0.750. The molecule has 0 atom stereocenters. The summed E-state index contributed by atoms with van der Waals surface area (Å²) in [6.07, 6.45) is 4.01. The van der Waals surface area contributed by atoms with E-state index in [-0.39, 0.29) is 15.1 Å². The Labute approximate surface area is 129 Å². The topological polar surface area (TPSA) is 82.3 Å². The molecule has 0 saturated carbocycles. The molecule has 0 unspecified atom stereocenters. The van der Waals surface area contributed by atoms with Gasteiger partial charge in [-0.25, -0.2) is 13.1 Å². The van der Waals surface area contributed by atoms with Crippen LogP contribution in [0.2, 0.25) is 0 Å². The Morgan fingerprint density at radius 1 is 1.38 bits per heavy atom. The Morgan fingerprint density at radius 2 is 2.05 bits per heavy atom. The van der Waals surface area contributed by atoms with Crippen molar-refractivity contribution in [3.05, 3.63) is 15.4 Å². The molecule has 6 nitrogen and oxygen atoms in total. The third-order valence-electron chi connectivity index (χ3n) is 3.76. The van der Waals surface area contributed by atoms with E-state index in [0.29, 0.717) is 5.69 Å². The Balaban J connectivity index is 1.94. The molecule has 1 aromatic heterocycles. The number of aromatic amines is 1. The number of rotatable bonds is 6. The van der Waals surface area contributed by atoms with Gasteiger partial charge in [0.1, 0.15) is 0 Å². The largest absolute Gasteiger partial charge is 0.315 e. The van der Waals surface area contributed by atoms with Crippen molar-refractivity contribution in [1.29, 1.82) is 0 Å². The molecule has 0 aliphatic carbocycles. The van der Waals surface area contributed by atoms with E-state index in [1.807, 2.05) is 0 Å². The van der Waals surface area contributed by atoms with Gasteiger partial charge in [-0.05, 0) is 45.8 Å². The lowest BCUT2D eigenvalue weighted by Gasteiger charge is -2.32. The van der Waals surface area contributed by atoms with Crippen LogP contribution < -0.4 is 9.60 Å². The third-order valence-corrected chi connectivity index (χ3v) is 6.89. The van der Waals surface area contributed by atoms with Crippen molar-refractivity contribution in [2.24, 2.45) is 0 Å². The minimum Gasteiger partial charge on any atom is -0.315 e. The van der Waals surface area contributed by atoms with Crippen LogP contribution in [0, 0.1) is 6.92 Å². The van der Waals surface area contributed by atoms with Crippen LogP contribution in [0.4, 0.5) is 0 Å². The van der Waals surface area contributed by atoms with E-state index in [1.165, 1.54) is 12.8 Å². The number of unbranched alkanes of at least 4 members (excludes halogenated alkanes) is 1. The second-order valence-corrected chi connectivity index (χ2v) is 8.41. The first-order valence-corrected chi connectivity index (χ1v) is 9.66. The lowest BCUT2D eigenvalue weighted by molar-refractivity contribution is 0.205.